The van der Waals surface area contributed by atoms with Crippen molar-refractivity contribution in [3.8, 4) is 11.5 Å². The summed E-state index contributed by atoms with van der Waals surface area (Å²) in [6, 6.07) is 15.3. The van der Waals surface area contributed by atoms with Gasteiger partial charge in [0.1, 0.15) is 6.61 Å². The van der Waals surface area contributed by atoms with Crippen LogP contribution < -0.4 is 19.9 Å². The van der Waals surface area contributed by atoms with E-state index in [4.69, 9.17) is 37.8 Å². The van der Waals surface area contributed by atoms with Gasteiger partial charge in [-0.2, -0.15) is 0 Å². The predicted octanol–water partition coefficient (Wildman–Crippen LogP) is 5.99. The summed E-state index contributed by atoms with van der Waals surface area (Å²) in [5.41, 5.74) is 2.50. The molecule has 0 atom stereocenters. The van der Waals surface area contributed by atoms with E-state index in [2.05, 4.69) is 21.2 Å². The Morgan fingerprint density at radius 2 is 1.75 bits per heavy atom. The molecule has 0 amide bonds. The van der Waals surface area contributed by atoms with Crippen molar-refractivity contribution < 1.29 is 17.9 Å². The molecule has 0 aliphatic heterocycles. The fourth-order valence-corrected chi connectivity index (χ4v) is 4.46. The van der Waals surface area contributed by atoms with Gasteiger partial charge in [-0.3, -0.25) is 0 Å². The molecule has 10 heteroatoms. The molecule has 0 saturated heterocycles. The second-order valence-electron chi connectivity index (χ2n) is 6.79. The molecule has 0 heterocycles. The van der Waals surface area contributed by atoms with Crippen LogP contribution in [0.3, 0.4) is 0 Å². The fraction of sp³-hybridized carbons (Fsp3) is 0.182. The lowest BCUT2D eigenvalue weighted by Gasteiger charge is -2.16. The molecule has 0 bridgehead atoms. The van der Waals surface area contributed by atoms with Crippen molar-refractivity contribution in [2.75, 3.05) is 11.9 Å². The minimum atomic E-state index is -3.72. The number of nitrogens with two attached hydrogens (primary N) is 1. The number of ether oxygens (including phenoxy) is 2. The largest absolute Gasteiger partial charge is 0.490 e. The topological polar surface area (TPSA) is 90.6 Å². The molecule has 0 aliphatic rings. The number of sulfonamides is 1. The first-order valence-electron chi connectivity index (χ1n) is 9.56. The van der Waals surface area contributed by atoms with Crippen molar-refractivity contribution in [2.45, 2.75) is 25.0 Å². The van der Waals surface area contributed by atoms with Crippen LogP contribution in [0.2, 0.25) is 10.0 Å². The Morgan fingerprint density at radius 3 is 2.38 bits per heavy atom. The number of rotatable bonds is 9. The first kappa shape index (κ1) is 24.7. The zero-order chi connectivity index (χ0) is 23.3. The van der Waals surface area contributed by atoms with E-state index in [-0.39, 0.29) is 11.5 Å². The standard InChI is InChI=1S/C22H21BrCl2N2O4S/c1-2-30-21-10-14(12-27-17-5-7-18(8-6-17)32(26,28)29)9-19(23)22(21)31-13-15-3-4-16(24)11-20(15)25/h3-11,27H,2,12-13H2,1H3,(H2,26,28,29). The molecule has 6 nitrogen and oxygen atoms in total. The van der Waals surface area contributed by atoms with Gasteiger partial charge in [0.05, 0.1) is 16.0 Å². The number of hydrogen-bond acceptors (Lipinski definition) is 5. The van der Waals surface area contributed by atoms with Gasteiger partial charge >= 0.3 is 0 Å². The summed E-state index contributed by atoms with van der Waals surface area (Å²) in [6.45, 7) is 3.10. The molecular weight excluding hydrogens is 539 g/mol. The minimum Gasteiger partial charge on any atom is -0.490 e. The fourth-order valence-electron chi connectivity index (χ4n) is 2.88. The van der Waals surface area contributed by atoms with E-state index in [0.717, 1.165) is 21.3 Å². The normalized spacial score (nSPS) is 11.3. The summed E-state index contributed by atoms with van der Waals surface area (Å²) < 4.78 is 35.3. The summed E-state index contributed by atoms with van der Waals surface area (Å²) in [4.78, 5) is 0.0618. The molecule has 3 aromatic rings. The molecule has 3 rings (SSSR count). The van der Waals surface area contributed by atoms with E-state index in [1.54, 1.807) is 24.3 Å². The first-order chi connectivity index (χ1) is 15.2. The predicted molar refractivity (Wildman–Crippen MR) is 131 cm³/mol. The number of anilines is 1. The molecule has 0 saturated carbocycles. The first-order valence-corrected chi connectivity index (χ1v) is 12.7. The highest BCUT2D eigenvalue weighted by atomic mass is 79.9. The number of primary sulfonamides is 1. The maximum atomic E-state index is 11.4. The third kappa shape index (κ3) is 6.52. The number of benzene rings is 3. The van der Waals surface area contributed by atoms with Crippen molar-refractivity contribution in [3.63, 3.8) is 0 Å². The third-order valence-corrected chi connectivity index (χ3v) is 6.54. The van der Waals surface area contributed by atoms with Crippen molar-refractivity contribution in [1.29, 1.82) is 0 Å². The van der Waals surface area contributed by atoms with Gasteiger partial charge in [-0.1, -0.05) is 29.3 Å². The van der Waals surface area contributed by atoms with Gasteiger partial charge in [-0.15, -0.1) is 0 Å². The van der Waals surface area contributed by atoms with E-state index in [0.29, 0.717) is 34.7 Å². The highest BCUT2D eigenvalue weighted by Gasteiger charge is 2.14. The number of hydrogen-bond donors (Lipinski definition) is 2. The van der Waals surface area contributed by atoms with E-state index >= 15 is 0 Å². The lowest BCUT2D eigenvalue weighted by molar-refractivity contribution is 0.267. The van der Waals surface area contributed by atoms with Gasteiger partial charge in [0.25, 0.3) is 0 Å². The minimum absolute atomic E-state index is 0.0618. The van der Waals surface area contributed by atoms with Crippen molar-refractivity contribution in [3.05, 3.63) is 80.2 Å². The Balaban J connectivity index is 1.74. The van der Waals surface area contributed by atoms with Gasteiger partial charge in [0.2, 0.25) is 10.0 Å². The smallest absolute Gasteiger partial charge is 0.238 e. The van der Waals surface area contributed by atoms with Crippen LogP contribution in [-0.4, -0.2) is 15.0 Å². The van der Waals surface area contributed by atoms with Gasteiger partial charge < -0.3 is 14.8 Å². The number of nitrogens with one attached hydrogen (secondary N) is 1. The van der Waals surface area contributed by atoms with Crippen LogP contribution in [0.25, 0.3) is 0 Å². The third-order valence-electron chi connectivity index (χ3n) is 4.44. The monoisotopic (exact) mass is 558 g/mol. The second-order valence-corrected chi connectivity index (χ2v) is 10.0. The highest BCUT2D eigenvalue weighted by Crippen LogP contribution is 2.38. The van der Waals surface area contributed by atoms with Crippen LogP contribution in [0.5, 0.6) is 11.5 Å². The number of halogens is 3. The Bertz CT molecular complexity index is 1210. The molecule has 0 aromatic heterocycles. The maximum absolute atomic E-state index is 11.4. The van der Waals surface area contributed by atoms with Crippen molar-refractivity contribution in [1.82, 2.24) is 0 Å². The van der Waals surface area contributed by atoms with Crippen molar-refractivity contribution >= 4 is 54.8 Å². The Morgan fingerprint density at radius 1 is 1.03 bits per heavy atom. The average Bonchev–Trinajstić information content (AvgIpc) is 2.73. The Labute approximate surface area is 205 Å². The zero-order valence-corrected chi connectivity index (χ0v) is 21.0. The van der Waals surface area contributed by atoms with Gasteiger partial charge in [0, 0.05) is 27.8 Å². The highest BCUT2D eigenvalue weighted by molar-refractivity contribution is 9.10. The summed E-state index contributed by atoms with van der Waals surface area (Å²) in [7, 11) is -3.72. The average molecular weight is 560 g/mol. The van der Waals surface area contributed by atoms with E-state index in [9.17, 15) is 8.42 Å². The molecule has 3 aromatic carbocycles. The van der Waals surface area contributed by atoms with Crippen LogP contribution in [0.4, 0.5) is 5.69 Å². The second kappa shape index (κ2) is 10.8. The quantitative estimate of drug-likeness (QED) is 0.336. The van der Waals surface area contributed by atoms with Crippen LogP contribution in [0.15, 0.2) is 64.0 Å². The molecular formula is C22H21BrCl2N2O4S. The summed E-state index contributed by atoms with van der Waals surface area (Å²) >= 11 is 15.8. The summed E-state index contributed by atoms with van der Waals surface area (Å²) in [5.74, 6) is 1.16. The van der Waals surface area contributed by atoms with E-state index in [1.165, 1.54) is 12.1 Å². The van der Waals surface area contributed by atoms with E-state index in [1.807, 2.05) is 25.1 Å². The lowest BCUT2D eigenvalue weighted by Crippen LogP contribution is -2.12. The van der Waals surface area contributed by atoms with Gasteiger partial charge in [-0.05, 0) is 76.9 Å². The lowest BCUT2D eigenvalue weighted by atomic mass is 10.2. The summed E-state index contributed by atoms with van der Waals surface area (Å²) in [6.07, 6.45) is 0. The maximum Gasteiger partial charge on any atom is 0.238 e. The Hall–Kier alpha value is -1.97. The molecule has 0 unspecified atom stereocenters. The summed E-state index contributed by atoms with van der Waals surface area (Å²) in [5, 5.41) is 9.47. The Kier molecular flexibility index (Phi) is 8.30. The molecule has 3 N–H and O–H groups in total. The molecule has 0 aliphatic carbocycles. The SMILES string of the molecule is CCOc1cc(CNc2ccc(S(N)(=O)=O)cc2)cc(Br)c1OCc1ccc(Cl)cc1Cl. The molecule has 32 heavy (non-hydrogen) atoms. The van der Waals surface area contributed by atoms with Gasteiger partial charge in [-0.25, -0.2) is 13.6 Å². The van der Waals surface area contributed by atoms with Crippen LogP contribution in [0.1, 0.15) is 18.1 Å². The molecule has 0 radical (unpaired) electrons. The molecule has 0 fully saturated rings. The van der Waals surface area contributed by atoms with Gasteiger partial charge in [0.15, 0.2) is 11.5 Å². The molecule has 0 spiro atoms. The van der Waals surface area contributed by atoms with Crippen molar-refractivity contribution in [2.24, 2.45) is 5.14 Å². The van der Waals surface area contributed by atoms with Crippen LogP contribution in [0, 0.1) is 0 Å². The van der Waals surface area contributed by atoms with Crippen LogP contribution in [-0.2, 0) is 23.2 Å². The van der Waals surface area contributed by atoms with Crippen LogP contribution >= 0.6 is 39.1 Å². The molecule has 170 valence electrons. The zero-order valence-electron chi connectivity index (χ0n) is 17.1. The van der Waals surface area contributed by atoms with E-state index < -0.39 is 10.0 Å².